The molecule has 0 radical (unpaired) electrons. The highest BCUT2D eigenvalue weighted by Gasteiger charge is 2.20. The van der Waals surface area contributed by atoms with Gasteiger partial charge in [0.05, 0.1) is 27.2 Å². The Balaban J connectivity index is 0. The average molecular weight is 277 g/mol. The van der Waals surface area contributed by atoms with Crippen LogP contribution in [0.25, 0.3) is 0 Å². The van der Waals surface area contributed by atoms with E-state index in [9.17, 15) is 4.79 Å². The van der Waals surface area contributed by atoms with Gasteiger partial charge in [0.15, 0.2) is 0 Å². The third-order valence-corrected chi connectivity index (χ3v) is 3.40. The van der Waals surface area contributed by atoms with E-state index < -0.39 is 0 Å². The predicted molar refractivity (Wildman–Crippen MR) is 73.8 cm³/mol. The summed E-state index contributed by atoms with van der Waals surface area (Å²) < 4.78 is 1.03. The van der Waals surface area contributed by atoms with Crippen LogP contribution in [0.2, 0.25) is 0 Å². The fourth-order valence-electron chi connectivity index (χ4n) is 2.13. The summed E-state index contributed by atoms with van der Waals surface area (Å²) in [5.74, 6) is 0.0173. The molecule has 0 heterocycles. The van der Waals surface area contributed by atoms with Crippen molar-refractivity contribution in [1.82, 2.24) is 4.90 Å². The minimum atomic E-state index is 0. The van der Waals surface area contributed by atoms with Gasteiger partial charge in [0.25, 0.3) is 0 Å². The zero-order valence-corrected chi connectivity index (χ0v) is 13.3. The predicted octanol–water partition coefficient (Wildman–Crippen LogP) is -0.710. The van der Waals surface area contributed by atoms with Crippen molar-refractivity contribution in [3.8, 4) is 0 Å². The van der Waals surface area contributed by atoms with Gasteiger partial charge in [-0.05, 0) is 31.8 Å². The molecule has 0 saturated carbocycles. The summed E-state index contributed by atoms with van der Waals surface area (Å²) in [6.45, 7) is 6.57. The lowest BCUT2D eigenvalue weighted by Gasteiger charge is -2.33. The maximum absolute atomic E-state index is 11.3. The highest BCUT2D eigenvalue weighted by atomic mass is 35.5. The van der Waals surface area contributed by atoms with Gasteiger partial charge in [-0.1, -0.05) is 13.5 Å². The molecule has 3 nitrogen and oxygen atoms in total. The van der Waals surface area contributed by atoms with Crippen LogP contribution in [0.15, 0.2) is 12.7 Å². The van der Waals surface area contributed by atoms with E-state index in [-0.39, 0.29) is 18.3 Å². The number of unbranched alkanes of at least 4 members (excludes halogenated alkanes) is 1. The van der Waals surface area contributed by atoms with E-state index in [0.717, 1.165) is 23.5 Å². The van der Waals surface area contributed by atoms with Crippen molar-refractivity contribution >= 4 is 5.91 Å². The molecule has 1 amide bonds. The minimum absolute atomic E-state index is 0. The largest absolute Gasteiger partial charge is 1.00 e. The molecule has 0 aliphatic heterocycles. The normalized spacial score (nSPS) is 12.5. The van der Waals surface area contributed by atoms with Crippen molar-refractivity contribution < 1.29 is 21.7 Å². The zero-order chi connectivity index (χ0) is 13.5. The quantitative estimate of drug-likeness (QED) is 0.326. The standard InChI is InChI=1S/C14H29N2O.ClH/c1-7-13(16(4,5)6)11-9-10-12-15(3)14(17)8-2;/h8,13H,2,7,9-12H2,1,3-6H3;1H/q+1;/p-1. The van der Waals surface area contributed by atoms with E-state index in [2.05, 4.69) is 34.6 Å². The van der Waals surface area contributed by atoms with E-state index >= 15 is 0 Å². The maximum Gasteiger partial charge on any atom is 0.245 e. The van der Waals surface area contributed by atoms with E-state index in [4.69, 9.17) is 0 Å². The smallest absolute Gasteiger partial charge is 0.245 e. The zero-order valence-electron chi connectivity index (χ0n) is 12.6. The summed E-state index contributed by atoms with van der Waals surface area (Å²) in [5, 5.41) is 0. The third kappa shape index (κ3) is 7.72. The molecule has 4 heteroatoms. The van der Waals surface area contributed by atoms with Gasteiger partial charge in [0.2, 0.25) is 5.91 Å². The molecular weight excluding hydrogens is 248 g/mol. The first-order chi connectivity index (χ1) is 7.82. The Labute approximate surface area is 119 Å². The number of amides is 1. The molecule has 0 spiro atoms. The Bertz CT molecular complexity index is 249. The minimum Gasteiger partial charge on any atom is -1.00 e. The maximum atomic E-state index is 11.3. The van der Waals surface area contributed by atoms with Gasteiger partial charge in [0.1, 0.15) is 0 Å². The van der Waals surface area contributed by atoms with Crippen molar-refractivity contribution in [1.29, 1.82) is 0 Å². The fourth-order valence-corrected chi connectivity index (χ4v) is 2.13. The summed E-state index contributed by atoms with van der Waals surface area (Å²) in [6.07, 6.45) is 6.08. The summed E-state index contributed by atoms with van der Waals surface area (Å²) >= 11 is 0. The Kier molecular flexibility index (Phi) is 10.3. The second-order valence-electron chi connectivity index (χ2n) is 5.64. The first kappa shape index (κ1) is 19.8. The van der Waals surface area contributed by atoms with E-state index in [1.54, 1.807) is 4.90 Å². The van der Waals surface area contributed by atoms with Gasteiger partial charge >= 0.3 is 0 Å². The number of hydrogen-bond donors (Lipinski definition) is 0. The first-order valence-corrected chi connectivity index (χ1v) is 6.51. The lowest BCUT2D eigenvalue weighted by Crippen LogP contribution is -3.00. The van der Waals surface area contributed by atoms with Crippen molar-refractivity contribution in [2.45, 2.75) is 38.6 Å². The molecule has 0 aromatic rings. The molecule has 0 N–H and O–H groups in total. The fraction of sp³-hybridized carbons (Fsp3) is 0.786. The van der Waals surface area contributed by atoms with Crippen LogP contribution in [-0.2, 0) is 4.79 Å². The molecule has 0 fully saturated rings. The van der Waals surface area contributed by atoms with Crippen molar-refractivity contribution in [3.63, 3.8) is 0 Å². The highest BCUT2D eigenvalue weighted by Crippen LogP contribution is 2.14. The third-order valence-electron chi connectivity index (χ3n) is 3.40. The molecule has 108 valence electrons. The van der Waals surface area contributed by atoms with Gasteiger partial charge in [-0.15, -0.1) is 0 Å². The molecule has 0 bridgehead atoms. The van der Waals surface area contributed by atoms with E-state index in [1.807, 2.05) is 7.05 Å². The first-order valence-electron chi connectivity index (χ1n) is 6.51. The van der Waals surface area contributed by atoms with Gasteiger partial charge in [-0.2, -0.15) is 0 Å². The SMILES string of the molecule is C=CC(=O)N(C)CCCCC(CC)[N+](C)(C)C.[Cl-]. The molecule has 0 aromatic carbocycles. The van der Waals surface area contributed by atoms with Gasteiger partial charge < -0.3 is 21.8 Å². The molecule has 0 aliphatic carbocycles. The molecule has 0 aliphatic rings. The Morgan fingerprint density at radius 3 is 2.28 bits per heavy atom. The lowest BCUT2D eigenvalue weighted by atomic mass is 10.0. The lowest BCUT2D eigenvalue weighted by molar-refractivity contribution is -0.896. The number of hydrogen-bond acceptors (Lipinski definition) is 1. The summed E-state index contributed by atoms with van der Waals surface area (Å²) in [7, 11) is 8.59. The van der Waals surface area contributed by atoms with Crippen LogP contribution < -0.4 is 12.4 Å². The number of quaternary nitrogens is 1. The number of carbonyl (C=O) groups excluding carboxylic acids is 1. The van der Waals surface area contributed by atoms with Gasteiger partial charge in [-0.3, -0.25) is 4.79 Å². The van der Waals surface area contributed by atoms with Gasteiger partial charge in [-0.25, -0.2) is 0 Å². The van der Waals surface area contributed by atoms with Crippen molar-refractivity contribution in [3.05, 3.63) is 12.7 Å². The van der Waals surface area contributed by atoms with Crippen LogP contribution in [0.5, 0.6) is 0 Å². The van der Waals surface area contributed by atoms with E-state index in [1.165, 1.54) is 25.3 Å². The number of carbonyl (C=O) groups is 1. The molecule has 0 rings (SSSR count). The van der Waals surface area contributed by atoms with Crippen LogP contribution in [-0.4, -0.2) is 56.1 Å². The summed E-state index contributed by atoms with van der Waals surface area (Å²) in [4.78, 5) is 13.0. The van der Waals surface area contributed by atoms with Crippen LogP contribution in [0, 0.1) is 0 Å². The topological polar surface area (TPSA) is 20.3 Å². The Hall–Kier alpha value is -0.540. The van der Waals surface area contributed by atoms with E-state index in [0.29, 0.717) is 0 Å². The van der Waals surface area contributed by atoms with Crippen molar-refractivity contribution in [2.75, 3.05) is 34.7 Å². The van der Waals surface area contributed by atoms with Crippen LogP contribution in [0.4, 0.5) is 0 Å². The number of rotatable bonds is 8. The molecule has 18 heavy (non-hydrogen) atoms. The van der Waals surface area contributed by atoms with Gasteiger partial charge in [0, 0.05) is 13.6 Å². The molecule has 1 atom stereocenters. The molecule has 0 saturated heterocycles. The second kappa shape index (κ2) is 9.40. The summed E-state index contributed by atoms with van der Waals surface area (Å²) in [6, 6.07) is 0.718. The summed E-state index contributed by atoms with van der Waals surface area (Å²) in [5.41, 5.74) is 0. The molecule has 1 unspecified atom stereocenters. The number of nitrogens with zero attached hydrogens (tertiary/aromatic N) is 2. The number of halogens is 1. The number of likely N-dealkylation sites (N-methyl/N-ethyl adjacent to an activating group) is 1. The highest BCUT2D eigenvalue weighted by molar-refractivity contribution is 5.86. The van der Waals surface area contributed by atoms with Crippen molar-refractivity contribution in [2.24, 2.45) is 0 Å². The molecular formula is C14H29ClN2O. The average Bonchev–Trinajstić information content (AvgIpc) is 2.25. The molecule has 0 aromatic heterocycles. The van der Waals surface area contributed by atoms with Crippen LogP contribution in [0.3, 0.4) is 0 Å². The van der Waals surface area contributed by atoms with Crippen LogP contribution in [0.1, 0.15) is 32.6 Å². The van der Waals surface area contributed by atoms with Crippen LogP contribution >= 0.6 is 0 Å². The Morgan fingerprint density at radius 2 is 1.89 bits per heavy atom. The monoisotopic (exact) mass is 276 g/mol. The second-order valence-corrected chi connectivity index (χ2v) is 5.64. The Morgan fingerprint density at radius 1 is 1.33 bits per heavy atom.